The SMILES string of the molecule is COc1c(F)ccc2nc(C(C)Nc3ncnc(N)c3C#N)n(-c3ccccc3)c12. The minimum absolute atomic E-state index is 0.0857. The molecule has 8 nitrogen and oxygen atoms in total. The van der Waals surface area contributed by atoms with Gasteiger partial charge in [-0.3, -0.25) is 4.57 Å². The number of para-hydroxylation sites is 1. The van der Waals surface area contributed by atoms with E-state index in [-0.39, 0.29) is 17.1 Å². The Bertz CT molecular complexity index is 1260. The van der Waals surface area contributed by atoms with E-state index in [9.17, 15) is 9.65 Å². The van der Waals surface area contributed by atoms with Crippen molar-refractivity contribution in [1.82, 2.24) is 19.5 Å². The van der Waals surface area contributed by atoms with Crippen molar-refractivity contribution < 1.29 is 9.13 Å². The molecule has 4 aromatic rings. The van der Waals surface area contributed by atoms with Gasteiger partial charge in [0.25, 0.3) is 0 Å². The van der Waals surface area contributed by atoms with Crippen molar-refractivity contribution in [3.05, 3.63) is 66.0 Å². The number of hydrogen-bond acceptors (Lipinski definition) is 7. The Morgan fingerprint density at radius 3 is 2.67 bits per heavy atom. The van der Waals surface area contributed by atoms with E-state index >= 15 is 0 Å². The number of fused-ring (bicyclic) bond motifs is 1. The van der Waals surface area contributed by atoms with Crippen LogP contribution in [-0.4, -0.2) is 26.6 Å². The number of nitriles is 1. The number of imidazole rings is 1. The number of hydrogen-bond donors (Lipinski definition) is 2. The summed E-state index contributed by atoms with van der Waals surface area (Å²) in [4.78, 5) is 12.7. The Hall–Kier alpha value is -4.19. The molecule has 0 radical (unpaired) electrons. The molecule has 0 bridgehead atoms. The summed E-state index contributed by atoms with van der Waals surface area (Å²) in [5.74, 6) is 0.585. The average Bonchev–Trinajstić information content (AvgIpc) is 3.14. The highest BCUT2D eigenvalue weighted by Gasteiger charge is 2.23. The summed E-state index contributed by atoms with van der Waals surface area (Å²) in [7, 11) is 1.42. The van der Waals surface area contributed by atoms with Gasteiger partial charge in [-0.05, 0) is 31.2 Å². The van der Waals surface area contributed by atoms with Crippen LogP contribution < -0.4 is 15.8 Å². The van der Waals surface area contributed by atoms with Gasteiger partial charge in [0.15, 0.2) is 11.6 Å². The lowest BCUT2D eigenvalue weighted by molar-refractivity contribution is 0.390. The van der Waals surface area contributed by atoms with Crippen molar-refractivity contribution in [2.24, 2.45) is 0 Å². The van der Waals surface area contributed by atoms with Gasteiger partial charge < -0.3 is 15.8 Å². The lowest BCUT2D eigenvalue weighted by atomic mass is 10.2. The monoisotopic (exact) mass is 403 g/mol. The van der Waals surface area contributed by atoms with Crippen LogP contribution in [0.15, 0.2) is 48.8 Å². The summed E-state index contributed by atoms with van der Waals surface area (Å²) in [5.41, 5.74) is 7.81. The van der Waals surface area contributed by atoms with Crippen molar-refractivity contribution >= 4 is 22.7 Å². The fourth-order valence-corrected chi connectivity index (χ4v) is 3.34. The number of nitrogens with two attached hydrogens (primary N) is 1. The molecule has 30 heavy (non-hydrogen) atoms. The van der Waals surface area contributed by atoms with Gasteiger partial charge >= 0.3 is 0 Å². The van der Waals surface area contributed by atoms with E-state index in [2.05, 4.69) is 15.3 Å². The van der Waals surface area contributed by atoms with Crippen molar-refractivity contribution in [1.29, 1.82) is 5.26 Å². The number of ether oxygens (including phenoxy) is 1. The minimum atomic E-state index is -0.482. The molecular weight excluding hydrogens is 385 g/mol. The molecule has 2 aromatic heterocycles. The average molecular weight is 403 g/mol. The number of nitrogens with zero attached hydrogens (tertiary/aromatic N) is 5. The van der Waals surface area contributed by atoms with Gasteiger partial charge in [-0.15, -0.1) is 0 Å². The molecule has 1 atom stereocenters. The third kappa shape index (κ3) is 3.14. The van der Waals surface area contributed by atoms with Crippen molar-refractivity contribution in [3.63, 3.8) is 0 Å². The number of aromatic nitrogens is 4. The molecule has 0 saturated heterocycles. The quantitative estimate of drug-likeness (QED) is 0.523. The first kappa shape index (κ1) is 19.1. The van der Waals surface area contributed by atoms with Crippen LogP contribution in [0.25, 0.3) is 16.7 Å². The van der Waals surface area contributed by atoms with Gasteiger partial charge in [-0.1, -0.05) is 18.2 Å². The van der Waals surface area contributed by atoms with Gasteiger partial charge in [-0.2, -0.15) is 5.26 Å². The summed E-state index contributed by atoms with van der Waals surface area (Å²) >= 11 is 0. The molecule has 0 spiro atoms. The zero-order chi connectivity index (χ0) is 21.3. The standard InChI is InChI=1S/C21H18FN7O/c1-12(27-20-14(10-23)19(24)25-11-26-20)21-28-16-9-8-15(22)18(30-2)17(16)29(21)13-6-4-3-5-7-13/h3-9,11-12H,1-2H3,(H3,24,25,26,27). The first-order chi connectivity index (χ1) is 14.5. The van der Waals surface area contributed by atoms with Gasteiger partial charge in [-0.25, -0.2) is 19.3 Å². The van der Waals surface area contributed by atoms with E-state index in [1.807, 2.05) is 47.9 Å². The fraction of sp³-hybridized carbons (Fsp3) is 0.143. The van der Waals surface area contributed by atoms with E-state index in [0.717, 1.165) is 5.69 Å². The molecule has 0 amide bonds. The number of rotatable bonds is 5. The van der Waals surface area contributed by atoms with Crippen molar-refractivity contribution in [2.75, 3.05) is 18.2 Å². The molecule has 9 heteroatoms. The Morgan fingerprint density at radius 1 is 1.20 bits per heavy atom. The molecule has 2 heterocycles. The van der Waals surface area contributed by atoms with Gasteiger partial charge in [0.05, 0.1) is 18.7 Å². The summed E-state index contributed by atoms with van der Waals surface area (Å²) in [6.45, 7) is 1.86. The van der Waals surface area contributed by atoms with E-state index in [1.54, 1.807) is 6.07 Å². The van der Waals surface area contributed by atoms with Crippen LogP contribution in [0.1, 0.15) is 24.4 Å². The maximum absolute atomic E-state index is 14.5. The zero-order valence-corrected chi connectivity index (χ0v) is 16.3. The summed E-state index contributed by atoms with van der Waals surface area (Å²) < 4.78 is 21.6. The third-order valence-corrected chi connectivity index (χ3v) is 4.70. The zero-order valence-electron chi connectivity index (χ0n) is 16.3. The number of anilines is 2. The maximum Gasteiger partial charge on any atom is 0.180 e. The second-order valence-corrected chi connectivity index (χ2v) is 6.55. The number of benzene rings is 2. The molecular formula is C21H18FN7O. The highest BCUT2D eigenvalue weighted by Crippen LogP contribution is 2.34. The Morgan fingerprint density at radius 2 is 1.97 bits per heavy atom. The number of nitrogen functional groups attached to an aromatic ring is 1. The third-order valence-electron chi connectivity index (χ3n) is 4.70. The molecule has 3 N–H and O–H groups in total. The molecule has 1 unspecified atom stereocenters. The van der Waals surface area contributed by atoms with E-state index in [4.69, 9.17) is 15.5 Å². The molecule has 0 saturated carbocycles. The van der Waals surface area contributed by atoms with E-state index in [0.29, 0.717) is 22.7 Å². The van der Waals surface area contributed by atoms with Gasteiger partial charge in [0.1, 0.15) is 40.9 Å². The van der Waals surface area contributed by atoms with Crippen LogP contribution in [0.5, 0.6) is 5.75 Å². The summed E-state index contributed by atoms with van der Waals surface area (Å²) in [5, 5.41) is 12.6. The smallest absolute Gasteiger partial charge is 0.180 e. The fourth-order valence-electron chi connectivity index (χ4n) is 3.34. The largest absolute Gasteiger partial charge is 0.491 e. The molecule has 0 fully saturated rings. The highest BCUT2D eigenvalue weighted by atomic mass is 19.1. The van der Waals surface area contributed by atoms with Gasteiger partial charge in [0, 0.05) is 5.69 Å². The van der Waals surface area contributed by atoms with Crippen LogP contribution in [0.4, 0.5) is 16.0 Å². The lowest BCUT2D eigenvalue weighted by Crippen LogP contribution is -2.15. The lowest BCUT2D eigenvalue weighted by Gasteiger charge is -2.18. The molecule has 4 rings (SSSR count). The number of nitrogens with one attached hydrogen (secondary N) is 1. The van der Waals surface area contributed by atoms with Crippen molar-refractivity contribution in [2.45, 2.75) is 13.0 Å². The second kappa shape index (κ2) is 7.67. The van der Waals surface area contributed by atoms with E-state index < -0.39 is 11.9 Å². The second-order valence-electron chi connectivity index (χ2n) is 6.55. The van der Waals surface area contributed by atoms with Crippen molar-refractivity contribution in [3.8, 4) is 17.5 Å². The van der Waals surface area contributed by atoms with Crippen LogP contribution in [-0.2, 0) is 0 Å². The highest BCUT2D eigenvalue weighted by molar-refractivity contribution is 5.85. The van der Waals surface area contributed by atoms with Crippen LogP contribution >= 0.6 is 0 Å². The van der Waals surface area contributed by atoms with Crippen LogP contribution in [0, 0.1) is 17.1 Å². The number of methoxy groups -OCH3 is 1. The van der Waals surface area contributed by atoms with Crippen LogP contribution in [0.3, 0.4) is 0 Å². The van der Waals surface area contributed by atoms with Gasteiger partial charge in [0.2, 0.25) is 0 Å². The Kier molecular flexibility index (Phi) is 4.90. The summed E-state index contributed by atoms with van der Waals surface area (Å²) in [6, 6.07) is 14.0. The molecule has 2 aromatic carbocycles. The minimum Gasteiger partial charge on any atom is -0.491 e. The number of halogens is 1. The summed E-state index contributed by atoms with van der Waals surface area (Å²) in [6.07, 6.45) is 1.28. The normalized spacial score (nSPS) is 11.8. The Balaban J connectivity index is 1.91. The molecule has 0 aliphatic rings. The predicted octanol–water partition coefficient (Wildman–Crippen LogP) is 3.59. The molecule has 0 aliphatic carbocycles. The first-order valence-electron chi connectivity index (χ1n) is 9.12. The van der Waals surface area contributed by atoms with E-state index in [1.165, 1.54) is 19.5 Å². The first-order valence-corrected chi connectivity index (χ1v) is 9.12. The topological polar surface area (TPSA) is 115 Å². The van der Waals surface area contributed by atoms with Crippen LogP contribution in [0.2, 0.25) is 0 Å². The maximum atomic E-state index is 14.5. The predicted molar refractivity (Wildman–Crippen MR) is 111 cm³/mol. The molecule has 150 valence electrons. The molecule has 0 aliphatic heterocycles. The Labute approximate surface area is 171 Å².